The van der Waals surface area contributed by atoms with Crippen molar-refractivity contribution in [3.8, 4) is 0 Å². The molecule has 0 radical (unpaired) electrons. The van der Waals surface area contributed by atoms with Gasteiger partial charge in [-0.15, -0.1) is 0 Å². The van der Waals surface area contributed by atoms with Crippen LogP contribution in [0.4, 0.5) is 13.2 Å². The van der Waals surface area contributed by atoms with Crippen LogP contribution < -0.4 is 10.6 Å². The third-order valence-corrected chi connectivity index (χ3v) is 4.04. The Labute approximate surface area is 142 Å². The largest absolute Gasteiger partial charge is 0.416 e. The highest BCUT2D eigenvalue weighted by atomic mass is 19.4. The highest BCUT2D eigenvalue weighted by molar-refractivity contribution is 5.95. The molecule has 0 saturated carbocycles. The Morgan fingerprint density at radius 1 is 1.12 bits per heavy atom. The van der Waals surface area contributed by atoms with Crippen molar-refractivity contribution in [2.45, 2.75) is 19.1 Å². The van der Waals surface area contributed by atoms with Gasteiger partial charge in [0.15, 0.2) is 0 Å². The molecule has 136 valence electrons. The number of alkyl halides is 3. The van der Waals surface area contributed by atoms with Crippen LogP contribution in [0.5, 0.6) is 0 Å². The van der Waals surface area contributed by atoms with Crippen molar-refractivity contribution in [2.24, 2.45) is 5.92 Å². The molecule has 2 rings (SSSR count). The second-order valence-electron chi connectivity index (χ2n) is 5.81. The molecule has 1 fully saturated rings. The molecule has 1 aliphatic rings. The van der Waals surface area contributed by atoms with Gasteiger partial charge in [0.2, 0.25) is 11.8 Å². The van der Waals surface area contributed by atoms with E-state index < -0.39 is 29.6 Å². The van der Waals surface area contributed by atoms with Crippen LogP contribution in [0.25, 0.3) is 0 Å². The summed E-state index contributed by atoms with van der Waals surface area (Å²) in [6, 6.07) is 3.34. The van der Waals surface area contributed by atoms with Crippen molar-refractivity contribution < 1.29 is 27.6 Å². The summed E-state index contributed by atoms with van der Waals surface area (Å²) in [5, 5.41) is 5.11. The molecule has 3 amide bonds. The molecule has 1 heterocycles. The van der Waals surface area contributed by atoms with Gasteiger partial charge in [-0.25, -0.2) is 0 Å². The van der Waals surface area contributed by atoms with Gasteiger partial charge in [0.1, 0.15) is 0 Å². The highest BCUT2D eigenvalue weighted by Crippen LogP contribution is 2.29. The van der Waals surface area contributed by atoms with E-state index in [1.165, 1.54) is 18.9 Å². The van der Waals surface area contributed by atoms with Crippen molar-refractivity contribution in [1.82, 2.24) is 15.5 Å². The fraction of sp³-hybridized carbons (Fsp3) is 0.438. The topological polar surface area (TPSA) is 78.5 Å². The summed E-state index contributed by atoms with van der Waals surface area (Å²) >= 11 is 0. The van der Waals surface area contributed by atoms with Gasteiger partial charge >= 0.3 is 6.18 Å². The zero-order chi connectivity index (χ0) is 18.8. The first kappa shape index (κ1) is 18.8. The number of carbonyl (C=O) groups is 3. The number of rotatable bonds is 3. The molecule has 0 aromatic heterocycles. The Morgan fingerprint density at radius 2 is 1.72 bits per heavy atom. The van der Waals surface area contributed by atoms with Crippen LogP contribution in [0, 0.1) is 5.92 Å². The monoisotopic (exact) mass is 357 g/mol. The highest BCUT2D eigenvalue weighted by Gasteiger charge is 2.40. The summed E-state index contributed by atoms with van der Waals surface area (Å²) in [5.74, 6) is -1.76. The van der Waals surface area contributed by atoms with Crippen molar-refractivity contribution in [3.05, 3.63) is 35.4 Å². The van der Waals surface area contributed by atoms with Crippen LogP contribution in [0.15, 0.2) is 24.3 Å². The average Bonchev–Trinajstić information content (AvgIpc) is 2.95. The normalized spacial score (nSPS) is 20.3. The van der Waals surface area contributed by atoms with E-state index in [9.17, 15) is 27.6 Å². The van der Waals surface area contributed by atoms with E-state index in [1.54, 1.807) is 0 Å². The van der Waals surface area contributed by atoms with Crippen LogP contribution in [0.2, 0.25) is 0 Å². The maximum absolute atomic E-state index is 12.6. The van der Waals surface area contributed by atoms with Gasteiger partial charge in [-0.2, -0.15) is 13.2 Å². The average molecular weight is 357 g/mol. The van der Waals surface area contributed by atoms with Crippen molar-refractivity contribution in [1.29, 1.82) is 0 Å². The van der Waals surface area contributed by atoms with Crippen LogP contribution in [0.3, 0.4) is 0 Å². The Balaban J connectivity index is 2.16. The Morgan fingerprint density at radius 3 is 2.20 bits per heavy atom. The molecule has 9 heteroatoms. The van der Waals surface area contributed by atoms with E-state index in [1.807, 2.05) is 0 Å². The number of hydrogen-bond acceptors (Lipinski definition) is 3. The van der Waals surface area contributed by atoms with Crippen LogP contribution in [-0.4, -0.2) is 48.8 Å². The maximum atomic E-state index is 12.6. The lowest BCUT2D eigenvalue weighted by Gasteiger charge is -2.17. The van der Waals surface area contributed by atoms with E-state index in [-0.39, 0.29) is 30.5 Å². The molecule has 1 aromatic rings. The molecule has 0 spiro atoms. The van der Waals surface area contributed by atoms with Gasteiger partial charge < -0.3 is 15.5 Å². The van der Waals surface area contributed by atoms with E-state index in [0.29, 0.717) is 0 Å². The molecule has 2 atom stereocenters. The van der Waals surface area contributed by atoms with Crippen LogP contribution >= 0.6 is 0 Å². The van der Waals surface area contributed by atoms with Gasteiger partial charge in [0, 0.05) is 32.6 Å². The summed E-state index contributed by atoms with van der Waals surface area (Å²) in [7, 11) is 1.45. The van der Waals surface area contributed by atoms with Crippen molar-refractivity contribution in [2.75, 3.05) is 20.1 Å². The SMILES string of the molecule is CNC(=O)[C@H]1CN(C(=O)c2ccc(C(F)(F)F)cc2)C[C@@H]1NC(C)=O. The van der Waals surface area contributed by atoms with E-state index >= 15 is 0 Å². The molecule has 25 heavy (non-hydrogen) atoms. The molecular weight excluding hydrogens is 339 g/mol. The minimum absolute atomic E-state index is 0.0739. The second-order valence-corrected chi connectivity index (χ2v) is 5.81. The quantitative estimate of drug-likeness (QED) is 0.848. The van der Waals surface area contributed by atoms with Crippen LogP contribution in [0.1, 0.15) is 22.8 Å². The predicted octanol–water partition coefficient (Wildman–Crippen LogP) is 1.03. The molecule has 2 N–H and O–H groups in total. The third-order valence-electron chi connectivity index (χ3n) is 4.04. The number of hydrogen-bond donors (Lipinski definition) is 2. The molecular formula is C16H18F3N3O3. The lowest BCUT2D eigenvalue weighted by Crippen LogP contribution is -2.44. The maximum Gasteiger partial charge on any atom is 0.416 e. The summed E-state index contributed by atoms with van der Waals surface area (Å²) in [6.07, 6.45) is -4.48. The van der Waals surface area contributed by atoms with E-state index in [0.717, 1.165) is 24.3 Å². The minimum Gasteiger partial charge on any atom is -0.359 e. The van der Waals surface area contributed by atoms with Crippen LogP contribution in [-0.2, 0) is 15.8 Å². The fourth-order valence-corrected chi connectivity index (χ4v) is 2.81. The first-order valence-electron chi connectivity index (χ1n) is 7.58. The number of nitrogens with zero attached hydrogens (tertiary/aromatic N) is 1. The van der Waals surface area contributed by atoms with Gasteiger partial charge in [0.25, 0.3) is 5.91 Å². The Kier molecular flexibility index (Phi) is 5.34. The first-order chi connectivity index (χ1) is 11.6. The lowest BCUT2D eigenvalue weighted by atomic mass is 10.0. The first-order valence-corrected chi connectivity index (χ1v) is 7.58. The smallest absolute Gasteiger partial charge is 0.359 e. The fourth-order valence-electron chi connectivity index (χ4n) is 2.81. The second kappa shape index (κ2) is 7.12. The van der Waals surface area contributed by atoms with Gasteiger partial charge in [0.05, 0.1) is 17.5 Å². The lowest BCUT2D eigenvalue weighted by molar-refractivity contribution is -0.137. The zero-order valence-electron chi connectivity index (χ0n) is 13.7. The standard InChI is InChI=1S/C16H18F3N3O3/c1-9(23)21-13-8-22(7-12(13)14(24)20-2)15(25)10-3-5-11(6-4-10)16(17,18)19/h3-6,12-13H,7-8H2,1-2H3,(H,20,24)(H,21,23)/t12-,13-/m0/s1. The van der Waals surface area contributed by atoms with Gasteiger partial charge in [-0.3, -0.25) is 14.4 Å². The van der Waals surface area contributed by atoms with E-state index in [2.05, 4.69) is 10.6 Å². The van der Waals surface area contributed by atoms with Crippen molar-refractivity contribution in [3.63, 3.8) is 0 Å². The minimum atomic E-state index is -4.48. The molecule has 6 nitrogen and oxygen atoms in total. The molecule has 0 aliphatic carbocycles. The molecule has 0 bridgehead atoms. The number of carbonyl (C=O) groups excluding carboxylic acids is 3. The van der Waals surface area contributed by atoms with Gasteiger partial charge in [-0.05, 0) is 24.3 Å². The molecule has 0 unspecified atom stereocenters. The molecule has 1 aromatic carbocycles. The molecule has 1 aliphatic heterocycles. The number of halogens is 3. The third kappa shape index (κ3) is 4.28. The summed E-state index contributed by atoms with van der Waals surface area (Å²) in [6.45, 7) is 1.49. The number of likely N-dealkylation sites (tertiary alicyclic amines) is 1. The van der Waals surface area contributed by atoms with E-state index in [4.69, 9.17) is 0 Å². The summed E-state index contributed by atoms with van der Waals surface area (Å²) in [4.78, 5) is 37.1. The predicted molar refractivity (Wildman–Crippen MR) is 82.5 cm³/mol. The number of nitrogens with one attached hydrogen (secondary N) is 2. The van der Waals surface area contributed by atoms with Gasteiger partial charge in [-0.1, -0.05) is 0 Å². The number of amides is 3. The summed E-state index contributed by atoms with van der Waals surface area (Å²) in [5.41, 5.74) is -0.753. The number of benzene rings is 1. The Hall–Kier alpha value is -2.58. The van der Waals surface area contributed by atoms with Crippen molar-refractivity contribution >= 4 is 17.7 Å². The molecule has 1 saturated heterocycles. The summed E-state index contributed by atoms with van der Waals surface area (Å²) < 4.78 is 37.8. The Bertz CT molecular complexity index is 673. The zero-order valence-corrected chi connectivity index (χ0v) is 13.7.